The largest absolute Gasteiger partial charge is 0.350 e. The van der Waals surface area contributed by atoms with Gasteiger partial charge in [0.25, 0.3) is 0 Å². The fourth-order valence-electron chi connectivity index (χ4n) is 4.82. The second-order valence-corrected chi connectivity index (χ2v) is 8.88. The first kappa shape index (κ1) is 24.0. The standard InChI is InChI=1S/C27H31N3O.ClH/c28-19-23-6-10-25-20-30(17-15-24(25)18-23)16-14-22-7-11-26(12-8-22)29-27(31)13-9-21-4-2-1-3-5-21;/h1-6,9-10,13,18,22,26H,7-8,11-12,14-17,20H2,(H,29,31);1H/b13-9+;. The van der Waals surface area contributed by atoms with Gasteiger partial charge in [-0.2, -0.15) is 5.26 Å². The lowest BCUT2D eigenvalue weighted by atomic mass is 9.84. The molecule has 0 radical (unpaired) electrons. The minimum atomic E-state index is 0. The molecule has 1 aliphatic heterocycles. The minimum Gasteiger partial charge on any atom is -0.350 e. The van der Waals surface area contributed by atoms with Gasteiger partial charge in [-0.05, 0) is 85.9 Å². The molecule has 1 heterocycles. The Balaban J connectivity index is 0.00000289. The molecule has 2 aromatic carbocycles. The highest BCUT2D eigenvalue weighted by atomic mass is 35.5. The van der Waals surface area contributed by atoms with Gasteiger partial charge in [-0.1, -0.05) is 36.4 Å². The zero-order valence-corrected chi connectivity index (χ0v) is 19.3. The second kappa shape index (κ2) is 11.9. The van der Waals surface area contributed by atoms with Crippen LogP contribution in [0, 0.1) is 17.2 Å². The van der Waals surface area contributed by atoms with Crippen molar-refractivity contribution in [2.45, 2.75) is 51.1 Å². The Labute approximate surface area is 197 Å². The van der Waals surface area contributed by atoms with E-state index in [0.29, 0.717) is 6.04 Å². The van der Waals surface area contributed by atoms with Gasteiger partial charge in [-0.3, -0.25) is 9.69 Å². The van der Waals surface area contributed by atoms with Crippen LogP contribution in [0.25, 0.3) is 6.08 Å². The molecule has 1 saturated carbocycles. The number of nitrogens with one attached hydrogen (secondary N) is 1. The van der Waals surface area contributed by atoms with Crippen molar-refractivity contribution in [2.75, 3.05) is 13.1 Å². The summed E-state index contributed by atoms with van der Waals surface area (Å²) in [4.78, 5) is 14.8. The molecule has 0 aromatic heterocycles. The quantitative estimate of drug-likeness (QED) is 0.623. The summed E-state index contributed by atoms with van der Waals surface area (Å²) in [5.41, 5.74) is 4.53. The molecule has 5 heteroatoms. The SMILES string of the molecule is Cl.N#Cc1ccc2c(c1)CCN(CCC1CCC(NC(=O)/C=C/c3ccccc3)CC1)C2. The first-order valence-corrected chi connectivity index (χ1v) is 11.5. The van der Waals surface area contributed by atoms with Crippen LogP contribution in [0.5, 0.6) is 0 Å². The van der Waals surface area contributed by atoms with Crippen molar-refractivity contribution in [1.29, 1.82) is 5.26 Å². The summed E-state index contributed by atoms with van der Waals surface area (Å²) in [7, 11) is 0. The van der Waals surface area contributed by atoms with E-state index in [-0.39, 0.29) is 18.3 Å². The average Bonchev–Trinajstić information content (AvgIpc) is 2.82. The van der Waals surface area contributed by atoms with Crippen LogP contribution in [-0.2, 0) is 17.8 Å². The molecule has 2 aromatic rings. The van der Waals surface area contributed by atoms with E-state index in [1.54, 1.807) is 6.08 Å². The summed E-state index contributed by atoms with van der Waals surface area (Å²) in [6, 6.07) is 18.6. The summed E-state index contributed by atoms with van der Waals surface area (Å²) in [6.45, 7) is 3.22. The van der Waals surface area contributed by atoms with E-state index in [1.807, 2.05) is 42.5 Å². The lowest BCUT2D eigenvalue weighted by Gasteiger charge is -2.33. The van der Waals surface area contributed by atoms with Gasteiger partial charge >= 0.3 is 0 Å². The molecule has 4 rings (SSSR count). The molecule has 1 aliphatic carbocycles. The van der Waals surface area contributed by atoms with E-state index in [9.17, 15) is 4.79 Å². The molecular weight excluding hydrogens is 418 g/mol. The molecule has 1 amide bonds. The smallest absolute Gasteiger partial charge is 0.244 e. The molecular formula is C27H32ClN3O. The van der Waals surface area contributed by atoms with Crippen molar-refractivity contribution in [3.05, 3.63) is 76.9 Å². The van der Waals surface area contributed by atoms with Crippen LogP contribution in [0.15, 0.2) is 54.6 Å². The molecule has 0 atom stereocenters. The van der Waals surface area contributed by atoms with E-state index in [1.165, 1.54) is 30.4 Å². The van der Waals surface area contributed by atoms with Gasteiger partial charge in [0.2, 0.25) is 5.91 Å². The molecule has 2 aliphatic rings. The average molecular weight is 450 g/mol. The summed E-state index contributed by atoms with van der Waals surface area (Å²) in [5.74, 6) is 0.772. The lowest BCUT2D eigenvalue weighted by molar-refractivity contribution is -0.117. The third-order valence-corrected chi connectivity index (χ3v) is 6.70. The minimum absolute atomic E-state index is 0. The number of halogens is 1. The molecule has 4 nitrogen and oxygen atoms in total. The van der Waals surface area contributed by atoms with Crippen LogP contribution < -0.4 is 5.32 Å². The van der Waals surface area contributed by atoms with E-state index in [0.717, 1.165) is 55.9 Å². The van der Waals surface area contributed by atoms with Crippen LogP contribution in [0.3, 0.4) is 0 Å². The van der Waals surface area contributed by atoms with Gasteiger partial charge in [0.15, 0.2) is 0 Å². The molecule has 1 fully saturated rings. The Morgan fingerprint density at radius 1 is 1.09 bits per heavy atom. The number of hydrogen-bond acceptors (Lipinski definition) is 3. The normalized spacial score (nSPS) is 20.7. The number of benzene rings is 2. The molecule has 168 valence electrons. The van der Waals surface area contributed by atoms with Crippen LogP contribution in [0.1, 0.15) is 54.4 Å². The van der Waals surface area contributed by atoms with Gasteiger partial charge in [0.05, 0.1) is 11.6 Å². The predicted octanol–water partition coefficient (Wildman–Crippen LogP) is 5.12. The third-order valence-electron chi connectivity index (χ3n) is 6.70. The zero-order valence-electron chi connectivity index (χ0n) is 18.5. The Hall–Kier alpha value is -2.61. The number of nitrogens with zero attached hydrogens (tertiary/aromatic N) is 2. The van der Waals surface area contributed by atoms with Crippen LogP contribution in [-0.4, -0.2) is 29.9 Å². The third kappa shape index (κ3) is 6.69. The second-order valence-electron chi connectivity index (χ2n) is 8.88. The van der Waals surface area contributed by atoms with Crippen molar-refractivity contribution in [3.8, 4) is 6.07 Å². The van der Waals surface area contributed by atoms with E-state index in [4.69, 9.17) is 5.26 Å². The van der Waals surface area contributed by atoms with Gasteiger partial charge in [0, 0.05) is 25.2 Å². The highest BCUT2D eigenvalue weighted by molar-refractivity contribution is 5.91. The van der Waals surface area contributed by atoms with Gasteiger partial charge in [-0.15, -0.1) is 12.4 Å². The maximum atomic E-state index is 12.2. The van der Waals surface area contributed by atoms with Gasteiger partial charge in [0.1, 0.15) is 0 Å². The van der Waals surface area contributed by atoms with Crippen molar-refractivity contribution in [3.63, 3.8) is 0 Å². The van der Waals surface area contributed by atoms with E-state index < -0.39 is 0 Å². The zero-order chi connectivity index (χ0) is 21.5. The first-order valence-electron chi connectivity index (χ1n) is 11.5. The molecule has 0 saturated heterocycles. The van der Waals surface area contributed by atoms with Crippen LogP contribution >= 0.6 is 12.4 Å². The summed E-state index contributed by atoms with van der Waals surface area (Å²) < 4.78 is 0. The number of carbonyl (C=O) groups is 1. The van der Waals surface area contributed by atoms with Crippen molar-refractivity contribution in [1.82, 2.24) is 10.2 Å². The number of fused-ring (bicyclic) bond motifs is 1. The van der Waals surface area contributed by atoms with E-state index >= 15 is 0 Å². The number of amides is 1. The molecule has 32 heavy (non-hydrogen) atoms. The summed E-state index contributed by atoms with van der Waals surface area (Å²) in [6.07, 6.45) is 10.4. The molecule has 0 bridgehead atoms. The summed E-state index contributed by atoms with van der Waals surface area (Å²) in [5, 5.41) is 12.3. The predicted molar refractivity (Wildman–Crippen MR) is 131 cm³/mol. The Morgan fingerprint density at radius 3 is 2.62 bits per heavy atom. The maximum absolute atomic E-state index is 12.2. The van der Waals surface area contributed by atoms with Crippen molar-refractivity contribution >= 4 is 24.4 Å². The van der Waals surface area contributed by atoms with Gasteiger partial charge in [-0.25, -0.2) is 0 Å². The van der Waals surface area contributed by atoms with Crippen molar-refractivity contribution < 1.29 is 4.79 Å². The lowest BCUT2D eigenvalue weighted by Crippen LogP contribution is -2.37. The Morgan fingerprint density at radius 2 is 1.88 bits per heavy atom. The van der Waals surface area contributed by atoms with E-state index in [2.05, 4.69) is 28.4 Å². The number of nitriles is 1. The Bertz CT molecular complexity index is 959. The monoisotopic (exact) mass is 449 g/mol. The van der Waals surface area contributed by atoms with Crippen molar-refractivity contribution in [2.24, 2.45) is 5.92 Å². The fraction of sp³-hybridized carbons (Fsp3) is 0.407. The molecule has 0 spiro atoms. The van der Waals surface area contributed by atoms with Crippen LogP contribution in [0.2, 0.25) is 0 Å². The molecule has 1 N–H and O–H groups in total. The fourth-order valence-corrected chi connectivity index (χ4v) is 4.82. The first-order chi connectivity index (χ1) is 15.2. The molecule has 0 unspecified atom stereocenters. The van der Waals surface area contributed by atoms with Gasteiger partial charge < -0.3 is 5.32 Å². The highest BCUT2D eigenvalue weighted by Gasteiger charge is 2.23. The number of rotatable bonds is 6. The Kier molecular flexibility index (Phi) is 8.90. The maximum Gasteiger partial charge on any atom is 0.244 e. The van der Waals surface area contributed by atoms with Crippen LogP contribution in [0.4, 0.5) is 0 Å². The topological polar surface area (TPSA) is 56.1 Å². The number of hydrogen-bond donors (Lipinski definition) is 1. The number of carbonyl (C=O) groups excluding carboxylic acids is 1. The highest BCUT2D eigenvalue weighted by Crippen LogP contribution is 2.28. The summed E-state index contributed by atoms with van der Waals surface area (Å²) >= 11 is 0.